The monoisotopic (exact) mass is 306 g/mol. The van der Waals surface area contributed by atoms with Crippen LogP contribution in [0, 0.1) is 0 Å². The fraction of sp³-hybridized carbons (Fsp3) is 0.500. The van der Waals surface area contributed by atoms with E-state index in [2.05, 4.69) is 43.0 Å². The van der Waals surface area contributed by atoms with E-state index in [9.17, 15) is 0 Å². The van der Waals surface area contributed by atoms with Crippen LogP contribution in [0.15, 0.2) is 24.7 Å². The zero-order valence-corrected chi connectivity index (χ0v) is 13.9. The number of nitrogens with zero attached hydrogens (tertiary/aromatic N) is 3. The minimum atomic E-state index is 0.0507. The molecule has 0 saturated carbocycles. The summed E-state index contributed by atoms with van der Waals surface area (Å²) < 4.78 is 2.03. The molecule has 1 N–H and O–H groups in total. The number of aromatic nitrogens is 3. The van der Waals surface area contributed by atoms with E-state index in [-0.39, 0.29) is 5.54 Å². The lowest BCUT2D eigenvalue weighted by Crippen LogP contribution is -2.35. The van der Waals surface area contributed by atoms with Gasteiger partial charge in [-0.3, -0.25) is 4.57 Å². The molecule has 21 heavy (non-hydrogen) atoms. The molecule has 0 fully saturated rings. The highest BCUT2D eigenvalue weighted by atomic mass is 35.5. The first-order chi connectivity index (χ1) is 9.90. The van der Waals surface area contributed by atoms with Gasteiger partial charge in [0, 0.05) is 37.1 Å². The maximum atomic E-state index is 6.26. The Balaban J connectivity index is 2.27. The molecular formula is C16H23ClN4. The number of hydrogen-bond acceptors (Lipinski definition) is 3. The molecule has 0 aliphatic rings. The fourth-order valence-electron chi connectivity index (χ4n) is 2.05. The smallest absolute Gasteiger partial charge is 0.138 e. The molecule has 0 spiro atoms. The summed E-state index contributed by atoms with van der Waals surface area (Å²) in [7, 11) is 0. The minimum absolute atomic E-state index is 0.0507. The molecule has 0 saturated heterocycles. The van der Waals surface area contributed by atoms with Gasteiger partial charge in [-0.15, -0.1) is 0 Å². The lowest BCUT2D eigenvalue weighted by molar-refractivity contribution is 0.424. The van der Waals surface area contributed by atoms with Crippen molar-refractivity contribution in [3.8, 4) is 5.82 Å². The summed E-state index contributed by atoms with van der Waals surface area (Å²) in [5.41, 5.74) is 1.10. The van der Waals surface area contributed by atoms with E-state index >= 15 is 0 Å². The van der Waals surface area contributed by atoms with E-state index in [1.54, 1.807) is 6.20 Å². The number of pyridine rings is 1. The predicted molar refractivity (Wildman–Crippen MR) is 87.0 cm³/mol. The third-order valence-electron chi connectivity index (χ3n) is 3.17. The average Bonchev–Trinajstić information content (AvgIpc) is 2.85. The fourth-order valence-corrected chi connectivity index (χ4v) is 2.22. The highest BCUT2D eigenvalue weighted by Gasteiger charge is 2.12. The van der Waals surface area contributed by atoms with Gasteiger partial charge in [-0.2, -0.15) is 0 Å². The van der Waals surface area contributed by atoms with Crippen molar-refractivity contribution < 1.29 is 0 Å². The number of halogens is 1. The van der Waals surface area contributed by atoms with Crippen LogP contribution >= 0.6 is 11.6 Å². The average molecular weight is 307 g/mol. The first kappa shape index (κ1) is 16.0. The topological polar surface area (TPSA) is 42.7 Å². The second kappa shape index (κ2) is 6.58. The summed E-state index contributed by atoms with van der Waals surface area (Å²) in [5.74, 6) is 1.90. The number of imidazole rings is 1. The Morgan fingerprint density at radius 3 is 2.71 bits per heavy atom. The molecule has 0 aliphatic carbocycles. The molecular weight excluding hydrogens is 284 g/mol. The van der Waals surface area contributed by atoms with E-state index in [4.69, 9.17) is 11.6 Å². The summed E-state index contributed by atoms with van der Waals surface area (Å²) in [6.07, 6.45) is 7.47. The Labute approximate surface area is 131 Å². The zero-order chi connectivity index (χ0) is 15.5. The highest BCUT2D eigenvalue weighted by molar-refractivity contribution is 6.31. The van der Waals surface area contributed by atoms with E-state index < -0.39 is 0 Å². The molecule has 0 radical (unpaired) electrons. The van der Waals surface area contributed by atoms with Crippen molar-refractivity contribution in [3.05, 3.63) is 41.1 Å². The lowest BCUT2D eigenvalue weighted by Gasteiger charge is -2.21. The van der Waals surface area contributed by atoms with E-state index in [1.165, 1.54) is 0 Å². The van der Waals surface area contributed by atoms with Crippen molar-refractivity contribution in [1.82, 2.24) is 19.9 Å². The summed E-state index contributed by atoms with van der Waals surface area (Å²) in [5, 5.41) is 4.14. The van der Waals surface area contributed by atoms with Crippen LogP contribution in [-0.4, -0.2) is 20.1 Å². The quantitative estimate of drug-likeness (QED) is 0.914. The third-order valence-corrected chi connectivity index (χ3v) is 3.51. The molecule has 0 unspecified atom stereocenters. The molecule has 0 aliphatic heterocycles. The normalized spacial score (nSPS) is 11.9. The first-order valence-corrected chi connectivity index (χ1v) is 7.70. The third kappa shape index (κ3) is 4.29. The zero-order valence-electron chi connectivity index (χ0n) is 13.2. The second-order valence-corrected chi connectivity index (χ2v) is 6.61. The van der Waals surface area contributed by atoms with Crippen molar-refractivity contribution in [3.63, 3.8) is 0 Å². The molecule has 5 heteroatoms. The Hall–Kier alpha value is -1.39. The van der Waals surface area contributed by atoms with Gasteiger partial charge in [0.2, 0.25) is 0 Å². The summed E-state index contributed by atoms with van der Waals surface area (Å²) in [6, 6.07) is 2.03. The van der Waals surface area contributed by atoms with Crippen molar-refractivity contribution in [2.75, 3.05) is 0 Å². The Morgan fingerprint density at radius 2 is 2.05 bits per heavy atom. The van der Waals surface area contributed by atoms with E-state index in [0.29, 0.717) is 5.02 Å². The molecule has 2 heterocycles. The van der Waals surface area contributed by atoms with Gasteiger partial charge in [0.1, 0.15) is 11.6 Å². The van der Waals surface area contributed by atoms with Crippen LogP contribution in [0.3, 0.4) is 0 Å². The van der Waals surface area contributed by atoms with Crippen molar-refractivity contribution >= 4 is 11.6 Å². The largest absolute Gasteiger partial charge is 0.308 e. The SMILES string of the molecule is CCCc1nccn1-c1cc(CNC(C)(C)C)c(Cl)cn1. The van der Waals surface area contributed by atoms with Gasteiger partial charge in [0.05, 0.1) is 5.02 Å². The molecule has 0 atom stereocenters. The predicted octanol–water partition coefficient (Wildman–Crippen LogP) is 3.76. The van der Waals surface area contributed by atoms with Gasteiger partial charge >= 0.3 is 0 Å². The first-order valence-electron chi connectivity index (χ1n) is 7.33. The maximum absolute atomic E-state index is 6.26. The van der Waals surface area contributed by atoms with Gasteiger partial charge in [-0.1, -0.05) is 18.5 Å². The van der Waals surface area contributed by atoms with Gasteiger partial charge in [0.25, 0.3) is 0 Å². The molecule has 0 amide bonds. The Bertz CT molecular complexity index is 599. The summed E-state index contributed by atoms with van der Waals surface area (Å²) in [4.78, 5) is 8.83. The second-order valence-electron chi connectivity index (χ2n) is 6.20. The Morgan fingerprint density at radius 1 is 1.29 bits per heavy atom. The lowest BCUT2D eigenvalue weighted by atomic mass is 10.1. The molecule has 114 valence electrons. The van der Waals surface area contributed by atoms with Crippen LogP contribution in [-0.2, 0) is 13.0 Å². The molecule has 2 aromatic heterocycles. The molecule has 0 bridgehead atoms. The highest BCUT2D eigenvalue weighted by Crippen LogP contribution is 2.19. The van der Waals surface area contributed by atoms with E-state index in [1.807, 2.05) is 23.0 Å². The maximum Gasteiger partial charge on any atom is 0.138 e. The van der Waals surface area contributed by atoms with Gasteiger partial charge < -0.3 is 5.32 Å². The van der Waals surface area contributed by atoms with Crippen LogP contribution < -0.4 is 5.32 Å². The number of rotatable bonds is 5. The van der Waals surface area contributed by atoms with Gasteiger partial charge in [0.15, 0.2) is 0 Å². The van der Waals surface area contributed by atoms with Crippen molar-refractivity contribution in [2.24, 2.45) is 0 Å². The number of nitrogens with one attached hydrogen (secondary N) is 1. The summed E-state index contributed by atoms with van der Waals surface area (Å²) >= 11 is 6.26. The Kier molecular flexibility index (Phi) is 5.01. The van der Waals surface area contributed by atoms with Gasteiger partial charge in [-0.25, -0.2) is 9.97 Å². The summed E-state index contributed by atoms with van der Waals surface area (Å²) in [6.45, 7) is 9.28. The van der Waals surface area contributed by atoms with E-state index in [0.717, 1.165) is 36.6 Å². The molecule has 0 aromatic carbocycles. The van der Waals surface area contributed by atoms with Crippen LogP contribution in [0.4, 0.5) is 0 Å². The van der Waals surface area contributed by atoms with Crippen LogP contribution in [0.25, 0.3) is 5.82 Å². The number of hydrogen-bond donors (Lipinski definition) is 1. The van der Waals surface area contributed by atoms with Crippen LogP contribution in [0.2, 0.25) is 5.02 Å². The minimum Gasteiger partial charge on any atom is -0.308 e. The standard InChI is InChI=1S/C16H23ClN4/c1-5-6-14-18-7-8-21(14)15-9-12(13(17)11-19-15)10-20-16(2,3)4/h7-9,11,20H,5-6,10H2,1-4H3. The molecule has 4 nitrogen and oxygen atoms in total. The molecule has 2 aromatic rings. The van der Waals surface area contributed by atoms with Gasteiger partial charge in [-0.05, 0) is 38.8 Å². The van der Waals surface area contributed by atoms with Crippen LogP contribution in [0.5, 0.6) is 0 Å². The van der Waals surface area contributed by atoms with Crippen molar-refractivity contribution in [2.45, 2.75) is 52.6 Å². The van der Waals surface area contributed by atoms with Crippen LogP contribution in [0.1, 0.15) is 45.5 Å². The van der Waals surface area contributed by atoms with Crippen molar-refractivity contribution in [1.29, 1.82) is 0 Å². The molecule has 2 rings (SSSR count). The number of aryl methyl sites for hydroxylation is 1.